The van der Waals surface area contributed by atoms with Crippen molar-refractivity contribution in [3.8, 4) is 5.75 Å². The SMILES string of the molecule is CCC(C)CN(C)Cc1ccc(OC)cc1N. The molecule has 2 N–H and O–H groups in total. The first kappa shape index (κ1) is 13.8. The first-order valence-corrected chi connectivity index (χ1v) is 6.17. The van der Waals surface area contributed by atoms with Crippen LogP contribution in [0.3, 0.4) is 0 Å². The zero-order valence-corrected chi connectivity index (χ0v) is 11.4. The summed E-state index contributed by atoms with van der Waals surface area (Å²) < 4.78 is 5.14. The number of benzene rings is 1. The summed E-state index contributed by atoms with van der Waals surface area (Å²) >= 11 is 0. The van der Waals surface area contributed by atoms with E-state index in [2.05, 4.69) is 25.8 Å². The van der Waals surface area contributed by atoms with Crippen LogP contribution in [0, 0.1) is 5.92 Å². The summed E-state index contributed by atoms with van der Waals surface area (Å²) in [5.74, 6) is 1.54. The van der Waals surface area contributed by atoms with Gasteiger partial charge >= 0.3 is 0 Å². The Hall–Kier alpha value is -1.22. The molecular weight excluding hydrogens is 212 g/mol. The first-order valence-electron chi connectivity index (χ1n) is 6.17. The lowest BCUT2D eigenvalue weighted by Gasteiger charge is -2.21. The molecule has 0 heterocycles. The highest BCUT2D eigenvalue weighted by atomic mass is 16.5. The molecule has 3 nitrogen and oxygen atoms in total. The number of hydrogen-bond donors (Lipinski definition) is 1. The van der Waals surface area contributed by atoms with Gasteiger partial charge in [0.1, 0.15) is 5.75 Å². The van der Waals surface area contributed by atoms with E-state index in [-0.39, 0.29) is 0 Å². The highest BCUT2D eigenvalue weighted by Gasteiger charge is 2.07. The number of rotatable bonds is 6. The van der Waals surface area contributed by atoms with E-state index in [4.69, 9.17) is 10.5 Å². The number of nitrogens with two attached hydrogens (primary N) is 1. The monoisotopic (exact) mass is 236 g/mol. The predicted molar refractivity (Wildman–Crippen MR) is 73.2 cm³/mol. The minimum Gasteiger partial charge on any atom is -0.497 e. The summed E-state index contributed by atoms with van der Waals surface area (Å²) in [6.45, 7) is 6.48. The van der Waals surface area contributed by atoms with E-state index in [0.29, 0.717) is 0 Å². The second-order valence-electron chi connectivity index (χ2n) is 4.77. The van der Waals surface area contributed by atoms with Crippen LogP contribution in [0.2, 0.25) is 0 Å². The van der Waals surface area contributed by atoms with Crippen LogP contribution in [0.5, 0.6) is 5.75 Å². The normalized spacial score (nSPS) is 12.8. The Morgan fingerprint density at radius 3 is 2.65 bits per heavy atom. The molecule has 0 saturated carbocycles. The minimum absolute atomic E-state index is 0.722. The zero-order valence-electron chi connectivity index (χ0n) is 11.4. The number of methoxy groups -OCH3 is 1. The lowest BCUT2D eigenvalue weighted by molar-refractivity contribution is 0.275. The van der Waals surface area contributed by atoms with Gasteiger partial charge in [-0.25, -0.2) is 0 Å². The van der Waals surface area contributed by atoms with E-state index in [1.807, 2.05) is 18.2 Å². The first-order chi connectivity index (χ1) is 8.06. The molecule has 0 bridgehead atoms. The second kappa shape index (κ2) is 6.50. The van der Waals surface area contributed by atoms with Gasteiger partial charge in [-0.3, -0.25) is 0 Å². The van der Waals surface area contributed by atoms with Crippen molar-refractivity contribution < 1.29 is 4.74 Å². The molecule has 0 fully saturated rings. The Morgan fingerprint density at radius 1 is 1.41 bits per heavy atom. The molecule has 0 aliphatic rings. The maximum Gasteiger partial charge on any atom is 0.120 e. The molecule has 17 heavy (non-hydrogen) atoms. The van der Waals surface area contributed by atoms with Crippen molar-refractivity contribution in [2.75, 3.05) is 26.4 Å². The van der Waals surface area contributed by atoms with E-state index in [9.17, 15) is 0 Å². The molecule has 1 unspecified atom stereocenters. The van der Waals surface area contributed by atoms with Crippen LogP contribution in [0.15, 0.2) is 18.2 Å². The summed E-state index contributed by atoms with van der Waals surface area (Å²) in [7, 11) is 3.79. The Kier molecular flexibility index (Phi) is 5.29. The Morgan fingerprint density at radius 2 is 2.12 bits per heavy atom. The average molecular weight is 236 g/mol. The second-order valence-corrected chi connectivity index (χ2v) is 4.77. The van der Waals surface area contributed by atoms with Crippen LogP contribution < -0.4 is 10.5 Å². The molecule has 1 aromatic rings. The fraction of sp³-hybridized carbons (Fsp3) is 0.571. The summed E-state index contributed by atoms with van der Waals surface area (Å²) in [6, 6.07) is 5.89. The Bertz CT molecular complexity index is 352. The van der Waals surface area contributed by atoms with Gasteiger partial charge in [0, 0.05) is 24.8 Å². The molecule has 3 heteroatoms. The fourth-order valence-corrected chi connectivity index (χ4v) is 1.86. The van der Waals surface area contributed by atoms with E-state index in [1.165, 1.54) is 6.42 Å². The zero-order chi connectivity index (χ0) is 12.8. The standard InChI is InChI=1S/C14H24N2O/c1-5-11(2)9-16(3)10-12-6-7-13(17-4)8-14(12)15/h6-8,11H,5,9-10,15H2,1-4H3. The van der Waals surface area contributed by atoms with Crippen molar-refractivity contribution in [1.82, 2.24) is 4.90 Å². The van der Waals surface area contributed by atoms with Gasteiger partial charge < -0.3 is 15.4 Å². The number of anilines is 1. The van der Waals surface area contributed by atoms with Crippen LogP contribution in [-0.2, 0) is 6.54 Å². The number of nitrogen functional groups attached to an aromatic ring is 1. The third-order valence-corrected chi connectivity index (χ3v) is 3.11. The highest BCUT2D eigenvalue weighted by Crippen LogP contribution is 2.21. The maximum atomic E-state index is 6.00. The number of nitrogens with zero attached hydrogens (tertiary/aromatic N) is 1. The van der Waals surface area contributed by atoms with Crippen molar-refractivity contribution in [2.45, 2.75) is 26.8 Å². The van der Waals surface area contributed by atoms with Gasteiger partial charge in [-0.1, -0.05) is 26.3 Å². The van der Waals surface area contributed by atoms with E-state index in [0.717, 1.165) is 36.0 Å². The largest absolute Gasteiger partial charge is 0.497 e. The third kappa shape index (κ3) is 4.27. The van der Waals surface area contributed by atoms with Gasteiger partial charge in [-0.2, -0.15) is 0 Å². The summed E-state index contributed by atoms with van der Waals surface area (Å²) in [5.41, 5.74) is 7.97. The summed E-state index contributed by atoms with van der Waals surface area (Å²) in [4.78, 5) is 2.31. The lowest BCUT2D eigenvalue weighted by atomic mass is 10.1. The van der Waals surface area contributed by atoms with Crippen molar-refractivity contribution >= 4 is 5.69 Å². The third-order valence-electron chi connectivity index (χ3n) is 3.11. The van der Waals surface area contributed by atoms with Gasteiger partial charge in [0.05, 0.1) is 7.11 Å². The Labute approximate surface area is 105 Å². The van der Waals surface area contributed by atoms with E-state index in [1.54, 1.807) is 7.11 Å². The summed E-state index contributed by atoms with van der Waals surface area (Å²) in [5, 5.41) is 0. The van der Waals surface area contributed by atoms with Crippen LogP contribution >= 0.6 is 0 Å². The van der Waals surface area contributed by atoms with E-state index >= 15 is 0 Å². The number of hydrogen-bond acceptors (Lipinski definition) is 3. The lowest BCUT2D eigenvalue weighted by Crippen LogP contribution is -2.24. The van der Waals surface area contributed by atoms with Crippen LogP contribution in [0.4, 0.5) is 5.69 Å². The molecule has 1 atom stereocenters. The molecule has 0 aliphatic carbocycles. The molecule has 0 saturated heterocycles. The maximum absolute atomic E-state index is 6.00. The molecule has 0 spiro atoms. The van der Waals surface area contributed by atoms with Gasteiger partial charge in [0.25, 0.3) is 0 Å². The molecule has 0 amide bonds. The molecule has 96 valence electrons. The Balaban J connectivity index is 2.62. The van der Waals surface area contributed by atoms with Crippen molar-refractivity contribution in [2.24, 2.45) is 5.92 Å². The summed E-state index contributed by atoms with van der Waals surface area (Å²) in [6.07, 6.45) is 1.21. The molecule has 1 rings (SSSR count). The van der Waals surface area contributed by atoms with Gasteiger partial charge in [0.15, 0.2) is 0 Å². The van der Waals surface area contributed by atoms with Crippen LogP contribution in [0.25, 0.3) is 0 Å². The van der Waals surface area contributed by atoms with Gasteiger partial charge in [-0.15, -0.1) is 0 Å². The average Bonchev–Trinajstić information content (AvgIpc) is 2.31. The van der Waals surface area contributed by atoms with Crippen molar-refractivity contribution in [3.63, 3.8) is 0 Å². The topological polar surface area (TPSA) is 38.5 Å². The molecule has 0 aromatic heterocycles. The van der Waals surface area contributed by atoms with Crippen molar-refractivity contribution in [3.05, 3.63) is 23.8 Å². The fourth-order valence-electron chi connectivity index (χ4n) is 1.86. The smallest absolute Gasteiger partial charge is 0.120 e. The van der Waals surface area contributed by atoms with E-state index < -0.39 is 0 Å². The van der Waals surface area contributed by atoms with Gasteiger partial charge in [-0.05, 0) is 24.6 Å². The molecule has 1 aromatic carbocycles. The van der Waals surface area contributed by atoms with Crippen molar-refractivity contribution in [1.29, 1.82) is 0 Å². The highest BCUT2D eigenvalue weighted by molar-refractivity contribution is 5.51. The van der Waals surface area contributed by atoms with Crippen LogP contribution in [-0.4, -0.2) is 25.6 Å². The quantitative estimate of drug-likeness (QED) is 0.772. The predicted octanol–water partition coefficient (Wildman–Crippen LogP) is 2.76. The molecular formula is C14H24N2O. The van der Waals surface area contributed by atoms with Crippen LogP contribution in [0.1, 0.15) is 25.8 Å². The minimum atomic E-state index is 0.722. The number of ether oxygens (including phenoxy) is 1. The molecule has 0 aliphatic heterocycles. The van der Waals surface area contributed by atoms with Gasteiger partial charge in [0.2, 0.25) is 0 Å². The molecule has 0 radical (unpaired) electrons.